The molecule has 0 aliphatic heterocycles. The van der Waals surface area contributed by atoms with Crippen LogP contribution in [-0.4, -0.2) is 17.4 Å². The zero-order valence-corrected chi connectivity index (χ0v) is 10.4. The van der Waals surface area contributed by atoms with Gasteiger partial charge in [-0.2, -0.15) is 0 Å². The molecule has 0 saturated carbocycles. The smallest absolute Gasteiger partial charge is 0.269 e. The van der Waals surface area contributed by atoms with Gasteiger partial charge in [-0.15, -0.1) is 0 Å². The van der Waals surface area contributed by atoms with E-state index >= 15 is 0 Å². The first-order chi connectivity index (χ1) is 7.59. The van der Waals surface area contributed by atoms with Crippen molar-refractivity contribution in [3.63, 3.8) is 0 Å². The molecule has 1 rings (SSSR count). The minimum atomic E-state index is -0.138. The van der Waals surface area contributed by atoms with Gasteiger partial charge in [-0.1, -0.05) is 25.4 Å². The monoisotopic (exact) mass is 240 g/mol. The number of hydrogen-bond acceptors (Lipinski definition) is 2. The molecule has 1 amide bonds. The minimum Gasteiger partial charge on any atom is -0.351 e. The number of amides is 1. The summed E-state index contributed by atoms with van der Waals surface area (Å²) in [5, 5.41) is 3.37. The van der Waals surface area contributed by atoms with Gasteiger partial charge in [0.1, 0.15) is 5.69 Å². The number of halogens is 1. The van der Waals surface area contributed by atoms with Gasteiger partial charge in [0.05, 0.1) is 5.02 Å². The van der Waals surface area contributed by atoms with Crippen LogP contribution >= 0.6 is 11.6 Å². The Kier molecular flexibility index (Phi) is 5.26. The van der Waals surface area contributed by atoms with Crippen molar-refractivity contribution in [2.24, 2.45) is 5.92 Å². The van der Waals surface area contributed by atoms with E-state index in [1.165, 1.54) is 6.20 Å². The zero-order chi connectivity index (χ0) is 12.0. The molecule has 0 bridgehead atoms. The van der Waals surface area contributed by atoms with Crippen LogP contribution < -0.4 is 5.32 Å². The zero-order valence-electron chi connectivity index (χ0n) is 9.66. The maximum atomic E-state index is 11.6. The summed E-state index contributed by atoms with van der Waals surface area (Å²) in [6.07, 6.45) is 3.59. The molecule has 3 nitrogen and oxygen atoms in total. The molecule has 0 aliphatic rings. The van der Waals surface area contributed by atoms with Crippen LogP contribution in [0.3, 0.4) is 0 Å². The highest BCUT2D eigenvalue weighted by Crippen LogP contribution is 2.06. The van der Waals surface area contributed by atoms with Crippen LogP contribution in [-0.2, 0) is 0 Å². The van der Waals surface area contributed by atoms with Crippen LogP contribution in [0.4, 0.5) is 0 Å². The summed E-state index contributed by atoms with van der Waals surface area (Å²) in [6.45, 7) is 5.03. The van der Waals surface area contributed by atoms with E-state index in [4.69, 9.17) is 11.6 Å². The molecule has 0 spiro atoms. The summed E-state index contributed by atoms with van der Waals surface area (Å²) in [5.41, 5.74) is 0.411. The quantitative estimate of drug-likeness (QED) is 0.805. The lowest BCUT2D eigenvalue weighted by molar-refractivity contribution is 0.0947. The number of nitrogens with one attached hydrogen (secondary N) is 1. The van der Waals surface area contributed by atoms with E-state index in [0.29, 0.717) is 23.2 Å². The molecule has 88 valence electrons. The first-order valence-electron chi connectivity index (χ1n) is 5.49. The van der Waals surface area contributed by atoms with E-state index in [-0.39, 0.29) is 5.91 Å². The molecule has 16 heavy (non-hydrogen) atoms. The predicted molar refractivity (Wildman–Crippen MR) is 65.7 cm³/mol. The second kappa shape index (κ2) is 6.48. The lowest BCUT2D eigenvalue weighted by atomic mass is 10.1. The normalized spacial score (nSPS) is 10.5. The van der Waals surface area contributed by atoms with Crippen LogP contribution in [0, 0.1) is 5.92 Å². The summed E-state index contributed by atoms with van der Waals surface area (Å²) in [4.78, 5) is 15.5. The summed E-state index contributed by atoms with van der Waals surface area (Å²) in [6, 6.07) is 3.29. The Bertz CT molecular complexity index is 335. The van der Waals surface area contributed by atoms with Crippen molar-refractivity contribution in [2.45, 2.75) is 26.7 Å². The summed E-state index contributed by atoms with van der Waals surface area (Å²) in [7, 11) is 0. The minimum absolute atomic E-state index is 0.138. The molecular formula is C12H17ClN2O. The van der Waals surface area contributed by atoms with Gasteiger partial charge >= 0.3 is 0 Å². The Morgan fingerprint density at radius 1 is 1.50 bits per heavy atom. The van der Waals surface area contributed by atoms with Crippen molar-refractivity contribution in [3.05, 3.63) is 29.0 Å². The average Bonchev–Trinajstić information content (AvgIpc) is 2.25. The van der Waals surface area contributed by atoms with Crippen molar-refractivity contribution < 1.29 is 4.79 Å². The Labute approximate surface area is 101 Å². The van der Waals surface area contributed by atoms with Crippen LogP contribution in [0.1, 0.15) is 37.2 Å². The molecule has 1 N–H and O–H groups in total. The van der Waals surface area contributed by atoms with Gasteiger partial charge in [0.15, 0.2) is 0 Å². The molecule has 0 aliphatic carbocycles. The van der Waals surface area contributed by atoms with E-state index in [1.807, 2.05) is 0 Å². The van der Waals surface area contributed by atoms with Gasteiger partial charge in [0.25, 0.3) is 5.91 Å². The number of carbonyl (C=O) groups excluding carboxylic acids is 1. The van der Waals surface area contributed by atoms with Gasteiger partial charge in [0, 0.05) is 12.7 Å². The van der Waals surface area contributed by atoms with E-state index in [1.54, 1.807) is 12.1 Å². The number of rotatable bonds is 5. The van der Waals surface area contributed by atoms with Crippen molar-refractivity contribution in [2.75, 3.05) is 6.54 Å². The van der Waals surface area contributed by atoms with Crippen molar-refractivity contribution in [1.82, 2.24) is 10.3 Å². The standard InChI is InChI=1S/C12H17ClN2O/c1-9(2)4-3-7-14-12(16)11-6-5-10(13)8-15-11/h5-6,8-9H,3-4,7H2,1-2H3,(H,14,16). The number of aromatic nitrogens is 1. The third-order valence-electron chi connectivity index (χ3n) is 2.20. The van der Waals surface area contributed by atoms with E-state index in [2.05, 4.69) is 24.1 Å². The van der Waals surface area contributed by atoms with Gasteiger partial charge in [-0.25, -0.2) is 4.98 Å². The lowest BCUT2D eigenvalue weighted by Crippen LogP contribution is -2.25. The summed E-state index contributed by atoms with van der Waals surface area (Å²) < 4.78 is 0. The van der Waals surface area contributed by atoms with Crippen molar-refractivity contribution in [1.29, 1.82) is 0 Å². The highest BCUT2D eigenvalue weighted by atomic mass is 35.5. The fourth-order valence-electron chi connectivity index (χ4n) is 1.31. The SMILES string of the molecule is CC(C)CCCNC(=O)c1ccc(Cl)cn1. The molecule has 1 aromatic heterocycles. The van der Waals surface area contributed by atoms with Crippen molar-refractivity contribution >= 4 is 17.5 Å². The fourth-order valence-corrected chi connectivity index (χ4v) is 1.42. The molecular weight excluding hydrogens is 224 g/mol. The largest absolute Gasteiger partial charge is 0.351 e. The second-order valence-corrected chi connectivity index (χ2v) is 4.59. The molecule has 1 aromatic rings. The highest BCUT2D eigenvalue weighted by molar-refractivity contribution is 6.30. The van der Waals surface area contributed by atoms with Gasteiger partial charge in [-0.3, -0.25) is 4.79 Å². The third-order valence-corrected chi connectivity index (χ3v) is 2.43. The number of carbonyl (C=O) groups is 1. The third kappa shape index (κ3) is 4.62. The van der Waals surface area contributed by atoms with Gasteiger partial charge in [0.2, 0.25) is 0 Å². The van der Waals surface area contributed by atoms with E-state index in [0.717, 1.165) is 12.8 Å². The Morgan fingerprint density at radius 3 is 2.81 bits per heavy atom. The van der Waals surface area contributed by atoms with Crippen LogP contribution in [0.25, 0.3) is 0 Å². The summed E-state index contributed by atoms with van der Waals surface area (Å²) in [5.74, 6) is 0.533. The summed E-state index contributed by atoms with van der Waals surface area (Å²) >= 11 is 5.68. The van der Waals surface area contributed by atoms with E-state index in [9.17, 15) is 4.79 Å². The molecule has 1 heterocycles. The first-order valence-corrected chi connectivity index (χ1v) is 5.87. The van der Waals surface area contributed by atoms with Crippen LogP contribution in [0.15, 0.2) is 18.3 Å². The molecule has 0 aromatic carbocycles. The Balaban J connectivity index is 2.32. The molecule has 0 radical (unpaired) electrons. The highest BCUT2D eigenvalue weighted by Gasteiger charge is 2.05. The Hall–Kier alpha value is -1.09. The number of hydrogen-bond donors (Lipinski definition) is 1. The second-order valence-electron chi connectivity index (χ2n) is 4.15. The first kappa shape index (κ1) is 13.0. The van der Waals surface area contributed by atoms with Crippen molar-refractivity contribution in [3.8, 4) is 0 Å². The predicted octanol–water partition coefficient (Wildman–Crippen LogP) is 2.90. The molecule has 0 fully saturated rings. The van der Waals surface area contributed by atoms with E-state index < -0.39 is 0 Å². The average molecular weight is 241 g/mol. The van der Waals surface area contributed by atoms with Gasteiger partial charge < -0.3 is 5.32 Å². The lowest BCUT2D eigenvalue weighted by Gasteiger charge is -2.06. The van der Waals surface area contributed by atoms with Gasteiger partial charge in [-0.05, 0) is 30.9 Å². The van der Waals surface area contributed by atoms with Crippen LogP contribution in [0.2, 0.25) is 5.02 Å². The van der Waals surface area contributed by atoms with Crippen LogP contribution in [0.5, 0.6) is 0 Å². The topological polar surface area (TPSA) is 42.0 Å². The fraction of sp³-hybridized carbons (Fsp3) is 0.500. The molecule has 4 heteroatoms. The number of pyridine rings is 1. The molecule has 0 atom stereocenters. The molecule has 0 unspecified atom stereocenters. The maximum Gasteiger partial charge on any atom is 0.269 e. The Morgan fingerprint density at radius 2 is 2.25 bits per heavy atom. The molecule has 0 saturated heterocycles. The maximum absolute atomic E-state index is 11.6. The number of nitrogens with zero attached hydrogens (tertiary/aromatic N) is 1.